The molecule has 3 rings (SSSR count). The number of nitrogens with one attached hydrogen (secondary N) is 1. The standard InChI is InChI=1S/C20H20N2O4/c1-14-7-6-8-15(11-14)13-26-17(23)12-22-18(24)20(2,21-19(22)25)16-9-4-3-5-10-16/h3-11H,12-13H2,1-2H3,(H,21,25)/t20-/m1/s1. The Labute approximate surface area is 151 Å². The largest absolute Gasteiger partial charge is 0.459 e. The molecule has 1 fully saturated rings. The molecule has 26 heavy (non-hydrogen) atoms. The van der Waals surface area contributed by atoms with Crippen molar-refractivity contribution in [1.82, 2.24) is 10.2 Å². The number of carbonyl (C=O) groups excluding carboxylic acids is 3. The van der Waals surface area contributed by atoms with Crippen LogP contribution in [0.15, 0.2) is 54.6 Å². The number of benzene rings is 2. The van der Waals surface area contributed by atoms with Gasteiger partial charge in [-0.05, 0) is 25.0 Å². The number of rotatable bonds is 5. The van der Waals surface area contributed by atoms with Crippen LogP contribution in [0.1, 0.15) is 23.6 Å². The zero-order chi connectivity index (χ0) is 18.7. The molecule has 0 unspecified atom stereocenters. The molecule has 0 aliphatic carbocycles. The number of carbonyl (C=O) groups is 3. The van der Waals surface area contributed by atoms with Gasteiger partial charge in [0.1, 0.15) is 18.7 Å². The van der Waals surface area contributed by atoms with Gasteiger partial charge in [0, 0.05) is 0 Å². The summed E-state index contributed by atoms with van der Waals surface area (Å²) in [5, 5.41) is 2.66. The lowest BCUT2D eigenvalue weighted by Gasteiger charge is -2.21. The van der Waals surface area contributed by atoms with E-state index in [-0.39, 0.29) is 6.61 Å². The van der Waals surface area contributed by atoms with Crippen LogP contribution in [0.25, 0.3) is 0 Å². The Balaban J connectivity index is 1.65. The minimum Gasteiger partial charge on any atom is -0.459 e. The summed E-state index contributed by atoms with van der Waals surface area (Å²) in [5.74, 6) is -1.10. The molecule has 2 aromatic carbocycles. The van der Waals surface area contributed by atoms with Crippen molar-refractivity contribution in [1.29, 1.82) is 0 Å². The van der Waals surface area contributed by atoms with E-state index in [1.807, 2.05) is 37.3 Å². The van der Waals surface area contributed by atoms with Crippen LogP contribution in [0.4, 0.5) is 4.79 Å². The lowest BCUT2D eigenvalue weighted by atomic mass is 9.92. The lowest BCUT2D eigenvalue weighted by Crippen LogP contribution is -2.41. The highest BCUT2D eigenvalue weighted by Gasteiger charge is 2.49. The topological polar surface area (TPSA) is 75.7 Å². The zero-order valence-electron chi connectivity index (χ0n) is 14.7. The Morgan fingerprint density at radius 3 is 2.54 bits per heavy atom. The van der Waals surface area contributed by atoms with E-state index in [1.54, 1.807) is 31.2 Å². The number of hydrogen-bond acceptors (Lipinski definition) is 4. The third-order valence-corrected chi connectivity index (χ3v) is 4.40. The maximum Gasteiger partial charge on any atom is 0.326 e. The van der Waals surface area contributed by atoms with E-state index in [1.165, 1.54) is 0 Å². The molecule has 1 aliphatic heterocycles. The van der Waals surface area contributed by atoms with Gasteiger partial charge in [0.2, 0.25) is 0 Å². The van der Waals surface area contributed by atoms with Gasteiger partial charge in [-0.1, -0.05) is 60.2 Å². The van der Waals surface area contributed by atoms with Crippen molar-refractivity contribution < 1.29 is 19.1 Å². The molecular weight excluding hydrogens is 332 g/mol. The van der Waals surface area contributed by atoms with E-state index in [9.17, 15) is 14.4 Å². The normalized spacial score (nSPS) is 19.4. The van der Waals surface area contributed by atoms with E-state index in [0.29, 0.717) is 5.56 Å². The number of urea groups is 1. The minimum atomic E-state index is -1.19. The molecular formula is C20H20N2O4. The van der Waals surface area contributed by atoms with Gasteiger partial charge < -0.3 is 10.1 Å². The molecule has 1 N–H and O–H groups in total. The highest BCUT2D eigenvalue weighted by Crippen LogP contribution is 2.28. The van der Waals surface area contributed by atoms with Crippen LogP contribution in [-0.2, 0) is 26.5 Å². The maximum absolute atomic E-state index is 12.7. The smallest absolute Gasteiger partial charge is 0.326 e. The summed E-state index contributed by atoms with van der Waals surface area (Å²) in [4.78, 5) is 37.9. The van der Waals surface area contributed by atoms with Gasteiger partial charge in [-0.3, -0.25) is 14.5 Å². The number of aryl methyl sites for hydroxylation is 1. The molecule has 1 heterocycles. The first-order valence-electron chi connectivity index (χ1n) is 8.31. The first-order valence-corrected chi connectivity index (χ1v) is 8.31. The van der Waals surface area contributed by atoms with Crippen molar-refractivity contribution in [2.24, 2.45) is 0 Å². The molecule has 0 radical (unpaired) electrons. The summed E-state index contributed by atoms with van der Waals surface area (Å²) in [7, 11) is 0. The Hall–Kier alpha value is -3.15. The number of ether oxygens (including phenoxy) is 1. The number of hydrogen-bond donors (Lipinski definition) is 1. The molecule has 6 heteroatoms. The molecule has 0 spiro atoms. The summed E-state index contributed by atoms with van der Waals surface area (Å²) < 4.78 is 5.20. The van der Waals surface area contributed by atoms with E-state index in [2.05, 4.69) is 5.32 Å². The average Bonchev–Trinajstić information content (AvgIpc) is 2.85. The number of esters is 1. The number of imide groups is 1. The summed E-state index contributed by atoms with van der Waals surface area (Å²) in [6.07, 6.45) is 0. The third-order valence-electron chi connectivity index (χ3n) is 4.40. The van der Waals surface area contributed by atoms with Crippen LogP contribution in [0, 0.1) is 6.92 Å². The fourth-order valence-electron chi connectivity index (χ4n) is 2.95. The molecule has 6 nitrogen and oxygen atoms in total. The summed E-state index contributed by atoms with van der Waals surface area (Å²) in [6.45, 7) is 3.25. The van der Waals surface area contributed by atoms with Crippen molar-refractivity contribution in [2.75, 3.05) is 6.54 Å². The van der Waals surface area contributed by atoms with Gasteiger partial charge in [-0.2, -0.15) is 0 Å². The quantitative estimate of drug-likeness (QED) is 0.663. The van der Waals surface area contributed by atoms with Crippen LogP contribution in [0.5, 0.6) is 0 Å². The van der Waals surface area contributed by atoms with Gasteiger partial charge in [0.25, 0.3) is 5.91 Å². The average molecular weight is 352 g/mol. The van der Waals surface area contributed by atoms with Crippen molar-refractivity contribution in [3.05, 3.63) is 71.3 Å². The summed E-state index contributed by atoms with van der Waals surface area (Å²) in [5.41, 5.74) is 1.39. The predicted octanol–water partition coefficient (Wildman–Crippen LogP) is 2.51. The maximum atomic E-state index is 12.7. The molecule has 0 saturated carbocycles. The second-order valence-electron chi connectivity index (χ2n) is 6.46. The van der Waals surface area contributed by atoms with Crippen LogP contribution in [-0.4, -0.2) is 29.4 Å². The second kappa shape index (κ2) is 7.00. The molecule has 0 bridgehead atoms. The predicted molar refractivity (Wildman–Crippen MR) is 95.0 cm³/mol. The van der Waals surface area contributed by atoms with Gasteiger partial charge in [0.05, 0.1) is 0 Å². The zero-order valence-corrected chi connectivity index (χ0v) is 14.7. The van der Waals surface area contributed by atoms with Crippen molar-refractivity contribution in [3.8, 4) is 0 Å². The van der Waals surface area contributed by atoms with Crippen molar-refractivity contribution >= 4 is 17.9 Å². The third kappa shape index (κ3) is 3.44. The van der Waals surface area contributed by atoms with Crippen LogP contribution < -0.4 is 5.32 Å². The van der Waals surface area contributed by atoms with Crippen molar-refractivity contribution in [2.45, 2.75) is 26.0 Å². The van der Waals surface area contributed by atoms with Gasteiger partial charge in [0.15, 0.2) is 0 Å². The molecule has 1 aliphatic rings. The van der Waals surface area contributed by atoms with E-state index >= 15 is 0 Å². The monoisotopic (exact) mass is 352 g/mol. The fraction of sp³-hybridized carbons (Fsp3) is 0.250. The van der Waals surface area contributed by atoms with Gasteiger partial charge in [-0.15, -0.1) is 0 Å². The molecule has 134 valence electrons. The molecule has 0 aromatic heterocycles. The van der Waals surface area contributed by atoms with Crippen LogP contribution in [0.3, 0.4) is 0 Å². The summed E-state index contributed by atoms with van der Waals surface area (Å²) >= 11 is 0. The summed E-state index contributed by atoms with van der Waals surface area (Å²) in [6, 6.07) is 15.9. The first-order chi connectivity index (χ1) is 12.4. The molecule has 1 atom stereocenters. The molecule has 3 amide bonds. The van der Waals surface area contributed by atoms with E-state index in [4.69, 9.17) is 4.74 Å². The Bertz CT molecular complexity index is 850. The Kier molecular flexibility index (Phi) is 4.75. The van der Waals surface area contributed by atoms with Crippen LogP contribution >= 0.6 is 0 Å². The highest BCUT2D eigenvalue weighted by atomic mass is 16.5. The highest BCUT2D eigenvalue weighted by molar-refractivity contribution is 6.08. The van der Waals surface area contributed by atoms with Crippen LogP contribution in [0.2, 0.25) is 0 Å². The molecule has 2 aromatic rings. The fourth-order valence-corrected chi connectivity index (χ4v) is 2.95. The SMILES string of the molecule is Cc1cccc(COC(=O)CN2C(=O)N[C@](C)(c3ccccc3)C2=O)c1. The minimum absolute atomic E-state index is 0.0973. The van der Waals surface area contributed by atoms with E-state index in [0.717, 1.165) is 16.0 Å². The lowest BCUT2D eigenvalue weighted by molar-refractivity contribution is -0.148. The van der Waals surface area contributed by atoms with Gasteiger partial charge in [-0.25, -0.2) is 4.79 Å². The Morgan fingerprint density at radius 2 is 1.85 bits per heavy atom. The number of amides is 3. The van der Waals surface area contributed by atoms with Crippen molar-refractivity contribution in [3.63, 3.8) is 0 Å². The molecule has 1 saturated heterocycles. The van der Waals surface area contributed by atoms with Gasteiger partial charge >= 0.3 is 12.0 Å². The second-order valence-corrected chi connectivity index (χ2v) is 6.46. The first kappa shape index (κ1) is 17.7. The Morgan fingerprint density at radius 1 is 1.12 bits per heavy atom. The van der Waals surface area contributed by atoms with E-state index < -0.39 is 30.0 Å². The number of nitrogens with zero attached hydrogens (tertiary/aromatic N) is 1.